The molecule has 0 spiro atoms. The molecular weight excluding hydrogens is 315 g/mol. The molecule has 0 unspecified atom stereocenters. The smallest absolute Gasteiger partial charge is 0.126 e. The molecule has 122 valence electrons. The standard InChI is InChI=1S/C20H15FN4/c21-17-9-14(12-22)10-19(11-17)25-13-16(20(23)15-4-5-15)6-7-18-3-1-2-8-24-18/h1-3,8-11,13,15,23,25H,4-5H2/b16-13-,23-20?. The number of halogens is 1. The van der Waals surface area contributed by atoms with Gasteiger partial charge >= 0.3 is 0 Å². The van der Waals surface area contributed by atoms with E-state index in [1.165, 1.54) is 12.1 Å². The summed E-state index contributed by atoms with van der Waals surface area (Å²) in [5, 5.41) is 20.1. The Bertz CT molecular complexity index is 926. The van der Waals surface area contributed by atoms with Crippen LogP contribution in [0.5, 0.6) is 0 Å². The van der Waals surface area contributed by atoms with Crippen LogP contribution in [0.25, 0.3) is 0 Å². The first-order chi connectivity index (χ1) is 12.2. The molecule has 1 heterocycles. The van der Waals surface area contributed by atoms with Crippen molar-refractivity contribution in [3.05, 3.63) is 71.4 Å². The van der Waals surface area contributed by atoms with Crippen molar-refractivity contribution in [3.63, 3.8) is 0 Å². The van der Waals surface area contributed by atoms with Gasteiger partial charge in [-0.1, -0.05) is 12.0 Å². The van der Waals surface area contributed by atoms with Crippen LogP contribution >= 0.6 is 0 Å². The average Bonchev–Trinajstić information content (AvgIpc) is 3.47. The minimum Gasteiger partial charge on any atom is -0.360 e. The van der Waals surface area contributed by atoms with Crippen molar-refractivity contribution in [2.75, 3.05) is 5.32 Å². The molecular formula is C20H15FN4. The average molecular weight is 330 g/mol. The fourth-order valence-corrected chi connectivity index (χ4v) is 2.23. The lowest BCUT2D eigenvalue weighted by atomic mass is 10.1. The second-order valence-corrected chi connectivity index (χ2v) is 5.70. The van der Waals surface area contributed by atoms with Crippen molar-refractivity contribution in [1.82, 2.24) is 4.98 Å². The van der Waals surface area contributed by atoms with Crippen LogP contribution in [0, 0.1) is 40.3 Å². The number of anilines is 1. The van der Waals surface area contributed by atoms with E-state index in [9.17, 15) is 4.39 Å². The minimum absolute atomic E-state index is 0.230. The lowest BCUT2D eigenvalue weighted by molar-refractivity contribution is 0.628. The summed E-state index contributed by atoms with van der Waals surface area (Å²) in [6, 6.07) is 11.4. The summed E-state index contributed by atoms with van der Waals surface area (Å²) in [6.45, 7) is 0. The second-order valence-electron chi connectivity index (χ2n) is 5.70. The van der Waals surface area contributed by atoms with Crippen LogP contribution in [-0.4, -0.2) is 10.7 Å². The predicted octanol–water partition coefficient (Wildman–Crippen LogP) is 3.87. The van der Waals surface area contributed by atoms with Crippen LogP contribution in [-0.2, 0) is 0 Å². The van der Waals surface area contributed by atoms with Crippen LogP contribution in [0.3, 0.4) is 0 Å². The fraction of sp³-hybridized carbons (Fsp3) is 0.150. The van der Waals surface area contributed by atoms with Crippen molar-refractivity contribution in [2.24, 2.45) is 5.92 Å². The fourth-order valence-electron chi connectivity index (χ4n) is 2.23. The van der Waals surface area contributed by atoms with Gasteiger partial charge in [0.2, 0.25) is 0 Å². The molecule has 0 atom stereocenters. The lowest BCUT2D eigenvalue weighted by Gasteiger charge is -2.05. The van der Waals surface area contributed by atoms with Crippen LogP contribution in [0.4, 0.5) is 10.1 Å². The van der Waals surface area contributed by atoms with Gasteiger partial charge in [-0.3, -0.25) is 0 Å². The van der Waals surface area contributed by atoms with Gasteiger partial charge in [0, 0.05) is 24.0 Å². The van der Waals surface area contributed by atoms with E-state index in [2.05, 4.69) is 22.1 Å². The Morgan fingerprint density at radius 3 is 2.84 bits per heavy atom. The Morgan fingerprint density at radius 1 is 1.32 bits per heavy atom. The molecule has 1 aliphatic carbocycles. The summed E-state index contributed by atoms with van der Waals surface area (Å²) in [6.07, 6.45) is 5.22. The van der Waals surface area contributed by atoms with Gasteiger partial charge < -0.3 is 10.7 Å². The highest BCUT2D eigenvalue weighted by molar-refractivity contribution is 6.04. The number of nitrogens with zero attached hydrogens (tertiary/aromatic N) is 2. The first kappa shape index (κ1) is 16.4. The third kappa shape index (κ3) is 4.53. The Hall–Kier alpha value is -3.44. The highest BCUT2D eigenvalue weighted by Crippen LogP contribution is 2.32. The molecule has 0 radical (unpaired) electrons. The monoisotopic (exact) mass is 330 g/mol. The van der Waals surface area contributed by atoms with Gasteiger partial charge in [0.15, 0.2) is 0 Å². The Balaban J connectivity index is 1.86. The van der Waals surface area contributed by atoms with E-state index in [4.69, 9.17) is 10.7 Å². The molecule has 5 heteroatoms. The summed E-state index contributed by atoms with van der Waals surface area (Å²) in [4.78, 5) is 4.15. The van der Waals surface area contributed by atoms with Crippen LogP contribution in [0.1, 0.15) is 24.1 Å². The van der Waals surface area contributed by atoms with Gasteiger partial charge in [-0.05, 0) is 49.1 Å². The maximum atomic E-state index is 13.5. The molecule has 25 heavy (non-hydrogen) atoms. The van der Waals surface area contributed by atoms with Crippen LogP contribution in [0.2, 0.25) is 0 Å². The van der Waals surface area contributed by atoms with Crippen molar-refractivity contribution < 1.29 is 4.39 Å². The maximum Gasteiger partial charge on any atom is 0.126 e. The second kappa shape index (κ2) is 7.42. The maximum absolute atomic E-state index is 13.5. The highest BCUT2D eigenvalue weighted by atomic mass is 19.1. The summed E-state index contributed by atoms with van der Waals surface area (Å²) in [5.74, 6) is 5.65. The Morgan fingerprint density at radius 2 is 2.16 bits per heavy atom. The molecule has 1 saturated carbocycles. The molecule has 0 bridgehead atoms. The number of pyridine rings is 1. The van der Waals surface area contributed by atoms with E-state index in [0.29, 0.717) is 22.7 Å². The molecule has 2 aromatic rings. The topological polar surface area (TPSA) is 72.6 Å². The lowest BCUT2D eigenvalue weighted by Crippen LogP contribution is -2.05. The summed E-state index contributed by atoms with van der Waals surface area (Å²) in [7, 11) is 0. The van der Waals surface area contributed by atoms with Crippen LogP contribution in [0.15, 0.2) is 54.4 Å². The van der Waals surface area contributed by atoms with Gasteiger partial charge in [-0.25, -0.2) is 9.37 Å². The summed E-state index contributed by atoms with van der Waals surface area (Å²) < 4.78 is 13.5. The normalized spacial score (nSPS) is 13.4. The molecule has 4 nitrogen and oxygen atoms in total. The number of hydrogen-bond acceptors (Lipinski definition) is 4. The van der Waals surface area contributed by atoms with Crippen molar-refractivity contribution in [2.45, 2.75) is 12.8 Å². The zero-order valence-electron chi connectivity index (χ0n) is 13.4. The van der Waals surface area contributed by atoms with Crippen molar-refractivity contribution in [3.8, 4) is 17.9 Å². The zero-order valence-corrected chi connectivity index (χ0v) is 13.4. The van der Waals surface area contributed by atoms with Crippen LogP contribution < -0.4 is 5.32 Å². The largest absolute Gasteiger partial charge is 0.360 e. The molecule has 2 N–H and O–H groups in total. The third-order valence-electron chi connectivity index (χ3n) is 3.68. The van der Waals surface area contributed by atoms with E-state index < -0.39 is 5.82 Å². The van der Waals surface area contributed by atoms with E-state index in [1.807, 2.05) is 18.2 Å². The molecule has 1 fully saturated rings. The summed E-state index contributed by atoms with van der Waals surface area (Å²) in [5.41, 5.74) is 2.30. The van der Waals surface area contributed by atoms with Gasteiger partial charge in [-0.15, -0.1) is 0 Å². The number of aromatic nitrogens is 1. The number of nitriles is 1. The molecule has 1 aromatic heterocycles. The molecule has 0 aliphatic heterocycles. The molecule has 3 rings (SSSR count). The SMILES string of the molecule is N#Cc1cc(F)cc(N/C=C(/C#Cc2ccccn2)C(=N)C2CC2)c1. The summed E-state index contributed by atoms with van der Waals surface area (Å²) >= 11 is 0. The number of rotatable bonds is 4. The van der Waals surface area contributed by atoms with E-state index in [0.717, 1.165) is 12.8 Å². The molecule has 0 saturated heterocycles. The number of allylic oxidation sites excluding steroid dienone is 1. The third-order valence-corrected chi connectivity index (χ3v) is 3.68. The first-order valence-corrected chi connectivity index (χ1v) is 7.85. The molecule has 0 amide bonds. The Kier molecular flexibility index (Phi) is 4.87. The first-order valence-electron chi connectivity index (χ1n) is 7.85. The number of benzene rings is 1. The van der Waals surface area contributed by atoms with E-state index in [1.54, 1.807) is 24.5 Å². The zero-order chi connectivity index (χ0) is 17.6. The predicted molar refractivity (Wildman–Crippen MR) is 94.4 cm³/mol. The molecule has 1 aliphatic rings. The van der Waals surface area contributed by atoms with Crippen molar-refractivity contribution >= 4 is 11.4 Å². The highest BCUT2D eigenvalue weighted by Gasteiger charge is 2.28. The number of hydrogen-bond donors (Lipinski definition) is 2. The molecule has 1 aromatic carbocycles. The number of nitrogens with one attached hydrogen (secondary N) is 2. The van der Waals surface area contributed by atoms with Gasteiger partial charge in [0.25, 0.3) is 0 Å². The minimum atomic E-state index is -0.492. The van der Waals surface area contributed by atoms with E-state index >= 15 is 0 Å². The van der Waals surface area contributed by atoms with Crippen molar-refractivity contribution in [1.29, 1.82) is 10.7 Å². The van der Waals surface area contributed by atoms with Gasteiger partial charge in [-0.2, -0.15) is 5.26 Å². The van der Waals surface area contributed by atoms with E-state index in [-0.39, 0.29) is 11.5 Å². The van der Waals surface area contributed by atoms with Gasteiger partial charge in [0.05, 0.1) is 22.9 Å². The quantitative estimate of drug-likeness (QED) is 0.660. The Labute approximate surface area is 145 Å². The van der Waals surface area contributed by atoms with Gasteiger partial charge in [0.1, 0.15) is 11.5 Å².